The molecule has 0 spiro atoms. The summed E-state index contributed by atoms with van der Waals surface area (Å²) in [5.74, 6) is -0.0353. The number of nitrogens with one attached hydrogen (secondary N) is 2. The first-order chi connectivity index (χ1) is 10.5. The fourth-order valence-corrected chi connectivity index (χ4v) is 3.01. The Balaban J connectivity index is 2.01. The number of rotatable bonds is 3. The third-order valence-corrected chi connectivity index (χ3v) is 4.72. The zero-order valence-corrected chi connectivity index (χ0v) is 14.1. The molecule has 1 aliphatic heterocycles. The summed E-state index contributed by atoms with van der Waals surface area (Å²) in [5.41, 5.74) is 2.50. The van der Waals surface area contributed by atoms with Gasteiger partial charge in [-0.25, -0.2) is 0 Å². The van der Waals surface area contributed by atoms with Crippen molar-refractivity contribution < 1.29 is 4.79 Å². The number of thiocarbonyl (C=S) groups is 1. The van der Waals surface area contributed by atoms with Crippen LogP contribution >= 0.6 is 23.8 Å². The number of hydrogen-bond acceptors (Lipinski definition) is 2. The van der Waals surface area contributed by atoms with E-state index in [9.17, 15) is 4.79 Å². The predicted octanol–water partition coefficient (Wildman–Crippen LogP) is 2.75. The average molecular weight is 336 g/mol. The molecule has 1 heterocycles. The minimum Gasteiger partial charge on any atom is -0.351 e. The highest BCUT2D eigenvalue weighted by Crippen LogP contribution is 2.32. The molecule has 1 amide bonds. The lowest BCUT2D eigenvalue weighted by Gasteiger charge is -2.35. The number of carbonyl (C=O) groups excluding carboxylic acids is 1. The van der Waals surface area contributed by atoms with Gasteiger partial charge in [0, 0.05) is 23.8 Å². The molecule has 0 aromatic heterocycles. The molecule has 0 saturated heterocycles. The summed E-state index contributed by atoms with van der Waals surface area (Å²) in [6.45, 7) is 1.92. The molecule has 0 unspecified atom stereocenters. The van der Waals surface area contributed by atoms with Crippen molar-refractivity contribution in [2.45, 2.75) is 31.8 Å². The van der Waals surface area contributed by atoms with Crippen molar-refractivity contribution in [3.05, 3.63) is 46.1 Å². The standard InChI is InChI=1S/C16H18ClN3OS/c1-9-13(15(21)18-12-6-7-12)14(19-16(22)20(9)2)10-4-3-5-11(17)8-10/h3-5,8,12,14H,6-7H2,1-2H3,(H,18,21)(H,19,22)/t14-/m1/s1. The van der Waals surface area contributed by atoms with E-state index in [0.717, 1.165) is 24.1 Å². The highest BCUT2D eigenvalue weighted by molar-refractivity contribution is 7.80. The van der Waals surface area contributed by atoms with Gasteiger partial charge in [-0.05, 0) is 49.7 Å². The Morgan fingerprint density at radius 1 is 1.45 bits per heavy atom. The third kappa shape index (κ3) is 2.96. The summed E-state index contributed by atoms with van der Waals surface area (Å²) in [6.07, 6.45) is 2.11. The van der Waals surface area contributed by atoms with Crippen LogP contribution in [0.15, 0.2) is 35.5 Å². The molecule has 0 radical (unpaired) electrons. The van der Waals surface area contributed by atoms with Crippen LogP contribution in [0.2, 0.25) is 5.02 Å². The summed E-state index contributed by atoms with van der Waals surface area (Å²) in [4.78, 5) is 14.5. The van der Waals surface area contributed by atoms with Crippen LogP contribution in [-0.4, -0.2) is 29.0 Å². The average Bonchev–Trinajstić information content (AvgIpc) is 3.28. The van der Waals surface area contributed by atoms with Gasteiger partial charge in [-0.2, -0.15) is 0 Å². The van der Waals surface area contributed by atoms with Crippen molar-refractivity contribution in [1.29, 1.82) is 0 Å². The van der Waals surface area contributed by atoms with E-state index in [2.05, 4.69) is 10.6 Å². The van der Waals surface area contributed by atoms with Crippen LogP contribution in [0.3, 0.4) is 0 Å². The number of nitrogens with zero attached hydrogens (tertiary/aromatic N) is 1. The molecule has 6 heteroatoms. The lowest BCUT2D eigenvalue weighted by molar-refractivity contribution is -0.118. The van der Waals surface area contributed by atoms with E-state index in [0.29, 0.717) is 21.8 Å². The van der Waals surface area contributed by atoms with Gasteiger partial charge in [0.25, 0.3) is 5.91 Å². The van der Waals surface area contributed by atoms with Crippen molar-refractivity contribution >= 4 is 34.8 Å². The molecule has 3 rings (SSSR count). The van der Waals surface area contributed by atoms with Gasteiger partial charge in [-0.1, -0.05) is 23.7 Å². The Labute approximate surface area is 140 Å². The topological polar surface area (TPSA) is 44.4 Å². The van der Waals surface area contributed by atoms with E-state index in [1.165, 1.54) is 0 Å². The van der Waals surface area contributed by atoms with Crippen LogP contribution in [0.5, 0.6) is 0 Å². The second-order valence-electron chi connectivity index (χ2n) is 5.74. The number of amides is 1. The van der Waals surface area contributed by atoms with Crippen LogP contribution in [0.1, 0.15) is 31.4 Å². The number of benzene rings is 1. The molecule has 1 aromatic carbocycles. The number of halogens is 1. The smallest absolute Gasteiger partial charge is 0.251 e. The van der Waals surface area contributed by atoms with Gasteiger partial charge in [-0.3, -0.25) is 4.79 Å². The van der Waals surface area contributed by atoms with E-state index in [1.807, 2.05) is 43.1 Å². The quantitative estimate of drug-likeness (QED) is 0.834. The van der Waals surface area contributed by atoms with Gasteiger partial charge in [0.05, 0.1) is 11.6 Å². The largest absolute Gasteiger partial charge is 0.351 e. The van der Waals surface area contributed by atoms with Crippen molar-refractivity contribution in [2.24, 2.45) is 0 Å². The molecule has 1 fully saturated rings. The summed E-state index contributed by atoms with van der Waals surface area (Å²) in [6, 6.07) is 7.55. The van der Waals surface area contributed by atoms with Crippen molar-refractivity contribution in [2.75, 3.05) is 7.05 Å². The molecule has 1 atom stereocenters. The van der Waals surface area contributed by atoms with E-state index < -0.39 is 0 Å². The van der Waals surface area contributed by atoms with Crippen LogP contribution < -0.4 is 10.6 Å². The Morgan fingerprint density at radius 2 is 2.18 bits per heavy atom. The summed E-state index contributed by atoms with van der Waals surface area (Å²) in [7, 11) is 1.86. The Morgan fingerprint density at radius 3 is 2.82 bits per heavy atom. The molecule has 4 nitrogen and oxygen atoms in total. The van der Waals surface area contributed by atoms with E-state index in [-0.39, 0.29) is 11.9 Å². The number of carbonyl (C=O) groups is 1. The van der Waals surface area contributed by atoms with Gasteiger partial charge in [-0.15, -0.1) is 0 Å². The second kappa shape index (κ2) is 5.89. The first kappa shape index (κ1) is 15.3. The molecule has 2 aliphatic rings. The van der Waals surface area contributed by atoms with Crippen LogP contribution in [0.25, 0.3) is 0 Å². The second-order valence-corrected chi connectivity index (χ2v) is 6.57. The number of hydrogen-bond donors (Lipinski definition) is 2. The zero-order chi connectivity index (χ0) is 15.9. The van der Waals surface area contributed by atoms with Crippen LogP contribution in [0, 0.1) is 0 Å². The third-order valence-electron chi connectivity index (χ3n) is 4.09. The predicted molar refractivity (Wildman–Crippen MR) is 91.6 cm³/mol. The number of allylic oxidation sites excluding steroid dienone is 1. The SMILES string of the molecule is CC1=C(C(=O)NC2CC2)[C@@H](c2cccc(Cl)c2)NC(=S)N1C. The van der Waals surface area contributed by atoms with Crippen molar-refractivity contribution in [3.63, 3.8) is 0 Å². The van der Waals surface area contributed by atoms with Gasteiger partial charge >= 0.3 is 0 Å². The van der Waals surface area contributed by atoms with Gasteiger partial charge in [0.1, 0.15) is 0 Å². The molecule has 1 aliphatic carbocycles. The first-order valence-electron chi connectivity index (χ1n) is 7.28. The van der Waals surface area contributed by atoms with Crippen LogP contribution in [0.4, 0.5) is 0 Å². The van der Waals surface area contributed by atoms with Gasteiger partial charge < -0.3 is 15.5 Å². The molecular formula is C16H18ClN3OS. The maximum atomic E-state index is 12.7. The summed E-state index contributed by atoms with van der Waals surface area (Å²) >= 11 is 11.5. The lowest BCUT2D eigenvalue weighted by Crippen LogP contribution is -2.47. The summed E-state index contributed by atoms with van der Waals surface area (Å²) < 4.78 is 0. The van der Waals surface area contributed by atoms with Gasteiger partial charge in [0.2, 0.25) is 0 Å². The van der Waals surface area contributed by atoms with E-state index in [1.54, 1.807) is 0 Å². The van der Waals surface area contributed by atoms with E-state index in [4.69, 9.17) is 23.8 Å². The lowest BCUT2D eigenvalue weighted by atomic mass is 9.94. The van der Waals surface area contributed by atoms with Crippen molar-refractivity contribution in [3.8, 4) is 0 Å². The fraction of sp³-hybridized carbons (Fsp3) is 0.375. The molecule has 2 N–H and O–H groups in total. The minimum atomic E-state index is -0.277. The Hall–Kier alpha value is -1.59. The Kier molecular flexibility index (Phi) is 4.10. The first-order valence-corrected chi connectivity index (χ1v) is 8.07. The minimum absolute atomic E-state index is 0.0353. The fourth-order valence-electron chi connectivity index (χ4n) is 2.56. The monoisotopic (exact) mass is 335 g/mol. The highest BCUT2D eigenvalue weighted by atomic mass is 35.5. The molecule has 22 heavy (non-hydrogen) atoms. The normalized spacial score (nSPS) is 21.7. The highest BCUT2D eigenvalue weighted by Gasteiger charge is 2.34. The summed E-state index contributed by atoms with van der Waals surface area (Å²) in [5, 5.41) is 7.55. The Bertz CT molecular complexity index is 669. The zero-order valence-electron chi connectivity index (χ0n) is 12.5. The van der Waals surface area contributed by atoms with E-state index >= 15 is 0 Å². The molecule has 116 valence electrons. The van der Waals surface area contributed by atoms with Crippen molar-refractivity contribution in [1.82, 2.24) is 15.5 Å². The molecule has 1 saturated carbocycles. The molecule has 0 bridgehead atoms. The maximum Gasteiger partial charge on any atom is 0.251 e. The van der Waals surface area contributed by atoms with Crippen LogP contribution in [-0.2, 0) is 4.79 Å². The van der Waals surface area contributed by atoms with Gasteiger partial charge in [0.15, 0.2) is 5.11 Å². The molecule has 1 aromatic rings. The maximum absolute atomic E-state index is 12.7. The molecular weight excluding hydrogens is 318 g/mol.